The lowest BCUT2D eigenvalue weighted by Crippen LogP contribution is -2.45. The lowest BCUT2D eigenvalue weighted by atomic mass is 9.73. The number of hydrogen-bond acceptors (Lipinski definition) is 4. The van der Waals surface area contributed by atoms with Gasteiger partial charge in [-0.2, -0.15) is 0 Å². The molecule has 1 aliphatic heterocycles. The van der Waals surface area contributed by atoms with Crippen LogP contribution in [0.1, 0.15) is 97.6 Å². The minimum atomic E-state index is -0.454. The molecule has 4 aliphatic carbocycles. The van der Waals surface area contributed by atoms with E-state index < -0.39 is 11.9 Å². The molecule has 2 amide bonds. The van der Waals surface area contributed by atoms with E-state index in [1.165, 1.54) is 56.9 Å². The van der Waals surface area contributed by atoms with Gasteiger partial charge in [0.15, 0.2) is 0 Å². The average Bonchev–Trinajstić information content (AvgIpc) is 3.39. The summed E-state index contributed by atoms with van der Waals surface area (Å²) in [5, 5.41) is 14.2. The number of hydroxylamine groups is 2. The van der Waals surface area contributed by atoms with Gasteiger partial charge in [-0.3, -0.25) is 14.8 Å². The number of morpholine rings is 1. The van der Waals surface area contributed by atoms with Crippen molar-refractivity contribution in [2.75, 3.05) is 6.61 Å². The van der Waals surface area contributed by atoms with Crippen molar-refractivity contribution < 1.29 is 19.5 Å². The van der Waals surface area contributed by atoms with Gasteiger partial charge in [0, 0.05) is 19.4 Å². The van der Waals surface area contributed by atoms with Gasteiger partial charge < -0.3 is 10.1 Å². The molecule has 7 rings (SSSR count). The Morgan fingerprint density at radius 3 is 2.55 bits per heavy atom. The lowest BCUT2D eigenvalue weighted by molar-refractivity contribution is -0.212. The second-order valence-corrected chi connectivity index (χ2v) is 12.0. The van der Waals surface area contributed by atoms with Crippen molar-refractivity contribution in [1.82, 2.24) is 10.4 Å². The van der Waals surface area contributed by atoms with Crippen LogP contribution < -0.4 is 5.32 Å². The Labute approximate surface area is 225 Å². The van der Waals surface area contributed by atoms with Crippen molar-refractivity contribution in [3.05, 3.63) is 70.3 Å². The van der Waals surface area contributed by atoms with Crippen LogP contribution in [0.2, 0.25) is 0 Å². The number of aryl methyl sites for hydroxylation is 1. The monoisotopic (exact) mass is 516 g/mol. The van der Waals surface area contributed by atoms with E-state index in [4.69, 9.17) is 4.74 Å². The number of nitrogens with one attached hydrogen (secondary N) is 1. The predicted octanol–water partition coefficient (Wildman–Crippen LogP) is 5.61. The summed E-state index contributed by atoms with van der Waals surface area (Å²) >= 11 is 0. The maximum absolute atomic E-state index is 12.6. The van der Waals surface area contributed by atoms with Gasteiger partial charge in [-0.05, 0) is 71.3 Å². The van der Waals surface area contributed by atoms with Crippen LogP contribution in [0.4, 0.5) is 0 Å². The van der Waals surface area contributed by atoms with Crippen molar-refractivity contribution in [3.8, 4) is 0 Å². The highest BCUT2D eigenvalue weighted by Gasteiger charge is 2.43. The zero-order valence-electron chi connectivity index (χ0n) is 22.2. The molecule has 3 atom stereocenters. The van der Waals surface area contributed by atoms with Gasteiger partial charge in [0.25, 0.3) is 5.91 Å². The number of amides is 2. The number of ether oxygens (including phenoxy) is 1. The molecule has 0 spiro atoms. The Kier molecular flexibility index (Phi) is 7.53. The second kappa shape index (κ2) is 11.2. The minimum Gasteiger partial charge on any atom is -0.365 e. The molecule has 4 fully saturated rings. The van der Waals surface area contributed by atoms with Gasteiger partial charge in [0.2, 0.25) is 5.91 Å². The molecule has 38 heavy (non-hydrogen) atoms. The number of carbonyl (C=O) groups is 2. The predicted molar refractivity (Wildman–Crippen MR) is 145 cm³/mol. The van der Waals surface area contributed by atoms with Crippen LogP contribution in [-0.2, 0) is 33.7 Å². The van der Waals surface area contributed by atoms with Crippen LogP contribution >= 0.6 is 0 Å². The molecule has 2 N–H and O–H groups in total. The highest BCUT2D eigenvalue weighted by Crippen LogP contribution is 2.44. The molecule has 6 nitrogen and oxygen atoms in total. The molecular formula is C32H40N2O4. The van der Waals surface area contributed by atoms with Gasteiger partial charge in [0.05, 0.1) is 6.10 Å². The summed E-state index contributed by atoms with van der Waals surface area (Å²) in [6.45, 7) is 0.463. The topological polar surface area (TPSA) is 78.9 Å². The Bertz CT molecular complexity index is 1150. The molecule has 1 unspecified atom stereocenters. The fourth-order valence-electron chi connectivity index (χ4n) is 7.41. The number of fused-ring (bicyclic) bond motifs is 9. The summed E-state index contributed by atoms with van der Waals surface area (Å²) in [7, 11) is 0. The lowest BCUT2D eigenvalue weighted by Gasteiger charge is -2.33. The van der Waals surface area contributed by atoms with E-state index in [1.807, 2.05) is 18.2 Å². The quantitative estimate of drug-likeness (QED) is 0.489. The number of hydrogen-bond donors (Lipinski definition) is 2. The largest absolute Gasteiger partial charge is 0.365 e. The van der Waals surface area contributed by atoms with Crippen molar-refractivity contribution >= 4 is 11.8 Å². The first-order valence-corrected chi connectivity index (χ1v) is 14.6. The van der Waals surface area contributed by atoms with Crippen LogP contribution in [-0.4, -0.2) is 34.8 Å². The summed E-state index contributed by atoms with van der Waals surface area (Å²) < 4.78 is 5.63. The minimum absolute atomic E-state index is 0.0282. The molecule has 1 saturated heterocycles. The van der Waals surface area contributed by atoms with Crippen molar-refractivity contribution in [3.63, 3.8) is 0 Å². The van der Waals surface area contributed by atoms with E-state index in [2.05, 4.69) is 29.6 Å². The first-order valence-electron chi connectivity index (χ1n) is 14.6. The zero-order chi connectivity index (χ0) is 26.1. The molecule has 2 aromatic carbocycles. The van der Waals surface area contributed by atoms with Crippen LogP contribution in [0.5, 0.6) is 0 Å². The van der Waals surface area contributed by atoms with Crippen LogP contribution in [0.15, 0.2) is 42.5 Å². The molecule has 6 heteroatoms. The van der Waals surface area contributed by atoms with Gasteiger partial charge in [-0.25, -0.2) is 5.06 Å². The van der Waals surface area contributed by atoms with Gasteiger partial charge >= 0.3 is 0 Å². The smallest absolute Gasteiger partial charge is 0.272 e. The maximum atomic E-state index is 12.6. The standard InChI is InChI=1S/C32H40N2O4/c35-30(16-10-22-7-15-26-18-29-32(28(26)17-22)34(37)31(36)20-38-29)33-19-23-8-13-25(14-9-23)27-4-2-1-3-21-5-11-24(27)12-6-21/h7-9,13-15,17,21,24,27,29,32,37H,1-6,10-12,16,18-20H2,(H,33,35)/t21?,24?,27?,29-,32+/m0/s1. The number of benzene rings is 2. The molecule has 0 radical (unpaired) electrons. The van der Waals surface area contributed by atoms with Gasteiger partial charge in [-0.15, -0.1) is 0 Å². The van der Waals surface area contributed by atoms with Crippen LogP contribution in [0, 0.1) is 11.8 Å². The Morgan fingerprint density at radius 1 is 0.974 bits per heavy atom. The van der Waals surface area contributed by atoms with Gasteiger partial charge in [0.1, 0.15) is 12.6 Å². The third-order valence-electron chi connectivity index (χ3n) is 9.62. The molecule has 2 bridgehead atoms. The third-order valence-corrected chi connectivity index (χ3v) is 9.62. The van der Waals surface area contributed by atoms with E-state index in [9.17, 15) is 14.8 Å². The Morgan fingerprint density at radius 2 is 1.74 bits per heavy atom. The average molecular weight is 517 g/mol. The van der Waals surface area contributed by atoms with Crippen molar-refractivity contribution in [2.24, 2.45) is 11.8 Å². The van der Waals surface area contributed by atoms with E-state index in [-0.39, 0.29) is 18.6 Å². The highest BCUT2D eigenvalue weighted by atomic mass is 16.6. The summed E-state index contributed by atoms with van der Waals surface area (Å²) in [6.07, 6.45) is 12.6. The summed E-state index contributed by atoms with van der Waals surface area (Å²) in [5.74, 6) is 2.13. The molecule has 0 aromatic heterocycles. The van der Waals surface area contributed by atoms with Crippen LogP contribution in [0.25, 0.3) is 0 Å². The highest BCUT2D eigenvalue weighted by molar-refractivity contribution is 5.78. The first kappa shape index (κ1) is 25.6. The molecule has 2 aromatic rings. The Balaban J connectivity index is 1.01. The SMILES string of the molecule is O=C(CCc1ccc2c(c1)[C@@H]1[C@H](C2)OCC(=O)N1O)NCc1ccc(C2CCCCC3CCC2CC3)cc1. The molecule has 5 aliphatic rings. The third kappa shape index (κ3) is 5.39. The fraction of sp³-hybridized carbons (Fsp3) is 0.562. The molecular weight excluding hydrogens is 476 g/mol. The molecule has 202 valence electrons. The molecule has 1 heterocycles. The Hall–Kier alpha value is -2.70. The van der Waals surface area contributed by atoms with E-state index >= 15 is 0 Å². The number of rotatable bonds is 6. The number of nitrogens with zero attached hydrogens (tertiary/aromatic N) is 1. The van der Waals surface area contributed by atoms with E-state index in [1.54, 1.807) is 0 Å². The van der Waals surface area contributed by atoms with Crippen LogP contribution in [0.3, 0.4) is 0 Å². The summed E-state index contributed by atoms with van der Waals surface area (Å²) in [6, 6.07) is 14.6. The van der Waals surface area contributed by atoms with Crippen molar-refractivity contribution in [2.45, 2.75) is 95.2 Å². The number of carbonyl (C=O) groups excluding carboxylic acids is 2. The maximum Gasteiger partial charge on any atom is 0.272 e. The summed E-state index contributed by atoms with van der Waals surface area (Å²) in [5.41, 5.74) is 5.67. The fourth-order valence-corrected chi connectivity index (χ4v) is 7.41. The van der Waals surface area contributed by atoms with E-state index in [0.29, 0.717) is 31.7 Å². The van der Waals surface area contributed by atoms with E-state index in [0.717, 1.165) is 39.2 Å². The first-order chi connectivity index (χ1) is 18.5. The normalized spacial score (nSPS) is 28.7. The van der Waals surface area contributed by atoms with Gasteiger partial charge in [-0.1, -0.05) is 74.6 Å². The van der Waals surface area contributed by atoms with Crippen molar-refractivity contribution in [1.29, 1.82) is 0 Å². The summed E-state index contributed by atoms with van der Waals surface area (Å²) in [4.78, 5) is 24.5. The zero-order valence-corrected chi connectivity index (χ0v) is 22.2. The molecule has 3 saturated carbocycles. The second-order valence-electron chi connectivity index (χ2n) is 12.0.